The van der Waals surface area contributed by atoms with Crippen molar-refractivity contribution in [3.05, 3.63) is 0 Å². The Labute approximate surface area is 103 Å². The molecule has 11 heteroatoms. The molecular formula is C7H12N4O6S. The Hall–Kier alpha value is -1.43. The van der Waals surface area contributed by atoms with Gasteiger partial charge in [-0.25, -0.2) is 10.6 Å². The van der Waals surface area contributed by atoms with E-state index in [1.807, 2.05) is 5.43 Å². The molecule has 2 bridgehead atoms. The highest BCUT2D eigenvalue weighted by atomic mass is 32.3. The average molecular weight is 280 g/mol. The fraction of sp³-hybridized carbons (Fsp3) is 0.714. The van der Waals surface area contributed by atoms with Gasteiger partial charge in [-0.15, -0.1) is 4.28 Å². The van der Waals surface area contributed by atoms with E-state index in [9.17, 15) is 18.0 Å². The van der Waals surface area contributed by atoms with E-state index in [1.54, 1.807) is 0 Å². The summed E-state index contributed by atoms with van der Waals surface area (Å²) in [4.78, 5) is 24.4. The number of hydroxylamine groups is 2. The highest BCUT2D eigenvalue weighted by Crippen LogP contribution is 2.30. The largest absolute Gasteiger partial charge is 0.418 e. The van der Waals surface area contributed by atoms with Crippen LogP contribution >= 0.6 is 0 Å². The molecule has 2 fully saturated rings. The van der Waals surface area contributed by atoms with Crippen LogP contribution in [0.5, 0.6) is 0 Å². The Bertz CT molecular complexity index is 478. The minimum atomic E-state index is -4.77. The Morgan fingerprint density at radius 1 is 1.50 bits per heavy atom. The van der Waals surface area contributed by atoms with E-state index in [-0.39, 0.29) is 6.54 Å². The van der Waals surface area contributed by atoms with Crippen LogP contribution in [-0.4, -0.2) is 53.5 Å². The SMILES string of the molecule is NNC(=O)[C@H]1CC[C@@H]2CN1C(=O)N2OS(=O)(=O)O. The normalized spacial score (nSPS) is 27.6. The molecule has 10 nitrogen and oxygen atoms in total. The van der Waals surface area contributed by atoms with Gasteiger partial charge in [0.1, 0.15) is 6.04 Å². The first kappa shape index (κ1) is 13.0. The van der Waals surface area contributed by atoms with Crippen LogP contribution in [0.25, 0.3) is 0 Å². The van der Waals surface area contributed by atoms with Crippen molar-refractivity contribution in [2.75, 3.05) is 6.54 Å². The van der Waals surface area contributed by atoms with Gasteiger partial charge in [0, 0.05) is 6.54 Å². The molecule has 2 heterocycles. The Balaban J connectivity index is 2.17. The molecule has 2 atom stereocenters. The molecule has 0 aliphatic carbocycles. The summed E-state index contributed by atoms with van der Waals surface area (Å²) < 4.78 is 34.0. The van der Waals surface area contributed by atoms with Crippen LogP contribution in [0.3, 0.4) is 0 Å². The van der Waals surface area contributed by atoms with E-state index in [1.165, 1.54) is 0 Å². The number of fused-ring (bicyclic) bond motifs is 2. The number of nitrogens with two attached hydrogens (primary N) is 1. The molecule has 0 aromatic heterocycles. The first-order valence-electron chi connectivity index (χ1n) is 5.11. The maximum absolute atomic E-state index is 11.8. The second kappa shape index (κ2) is 4.35. The number of nitrogens with zero attached hydrogens (tertiary/aromatic N) is 2. The molecule has 3 amide bonds. The van der Waals surface area contributed by atoms with Gasteiger partial charge in [-0.2, -0.15) is 13.5 Å². The van der Waals surface area contributed by atoms with E-state index in [4.69, 9.17) is 10.4 Å². The highest BCUT2D eigenvalue weighted by Gasteiger charge is 2.49. The second-order valence-electron chi connectivity index (χ2n) is 4.02. The number of urea groups is 1. The van der Waals surface area contributed by atoms with Crippen molar-refractivity contribution in [1.82, 2.24) is 15.4 Å². The molecule has 2 aliphatic heterocycles. The average Bonchev–Trinajstić information content (AvgIpc) is 2.52. The molecule has 0 spiro atoms. The van der Waals surface area contributed by atoms with E-state index in [0.29, 0.717) is 17.9 Å². The number of hydrogen-bond acceptors (Lipinski definition) is 6. The van der Waals surface area contributed by atoms with Crippen LogP contribution in [0.4, 0.5) is 4.79 Å². The molecular weight excluding hydrogens is 268 g/mol. The van der Waals surface area contributed by atoms with Gasteiger partial charge in [0.2, 0.25) is 0 Å². The van der Waals surface area contributed by atoms with Gasteiger partial charge < -0.3 is 4.90 Å². The predicted octanol–water partition coefficient (Wildman–Crippen LogP) is -2.02. The van der Waals surface area contributed by atoms with E-state index in [2.05, 4.69) is 4.28 Å². The zero-order valence-corrected chi connectivity index (χ0v) is 9.96. The minimum Gasteiger partial charge on any atom is -0.309 e. The molecule has 18 heavy (non-hydrogen) atoms. The number of amides is 3. The molecule has 2 rings (SSSR count). The number of hydrazine groups is 1. The summed E-state index contributed by atoms with van der Waals surface area (Å²) in [6.45, 7) is 0.145. The zero-order chi connectivity index (χ0) is 13.5. The van der Waals surface area contributed by atoms with Gasteiger partial charge in [-0.1, -0.05) is 0 Å². The molecule has 0 saturated carbocycles. The maximum atomic E-state index is 11.8. The third-order valence-electron chi connectivity index (χ3n) is 2.94. The molecule has 0 aromatic rings. The summed E-state index contributed by atoms with van der Waals surface area (Å²) in [5.41, 5.74) is 1.94. The van der Waals surface area contributed by atoms with Gasteiger partial charge in [0.15, 0.2) is 0 Å². The van der Waals surface area contributed by atoms with Crippen molar-refractivity contribution in [3.63, 3.8) is 0 Å². The molecule has 102 valence electrons. The molecule has 0 unspecified atom stereocenters. The van der Waals surface area contributed by atoms with Crippen molar-refractivity contribution in [3.8, 4) is 0 Å². The smallest absolute Gasteiger partial charge is 0.309 e. The van der Waals surface area contributed by atoms with Crippen LogP contribution in [0.15, 0.2) is 0 Å². The summed E-state index contributed by atoms with van der Waals surface area (Å²) in [7, 11) is -4.77. The zero-order valence-electron chi connectivity index (χ0n) is 9.14. The van der Waals surface area contributed by atoms with E-state index in [0.717, 1.165) is 4.90 Å². The third kappa shape index (κ3) is 2.25. The van der Waals surface area contributed by atoms with Crippen molar-refractivity contribution >= 4 is 22.3 Å². The van der Waals surface area contributed by atoms with Crippen LogP contribution < -0.4 is 11.3 Å². The summed E-state index contributed by atoms with van der Waals surface area (Å²) in [5.74, 6) is 4.47. The summed E-state index contributed by atoms with van der Waals surface area (Å²) >= 11 is 0. The molecule has 2 aliphatic rings. The summed E-state index contributed by atoms with van der Waals surface area (Å²) in [6.07, 6.45) is 0.709. The van der Waals surface area contributed by atoms with Gasteiger partial charge in [-0.3, -0.25) is 14.8 Å². The molecule has 2 saturated heterocycles. The van der Waals surface area contributed by atoms with Gasteiger partial charge in [0.25, 0.3) is 5.91 Å². The summed E-state index contributed by atoms with van der Waals surface area (Å²) in [6, 6.07) is -2.06. The Morgan fingerprint density at radius 3 is 2.72 bits per heavy atom. The lowest BCUT2D eigenvalue weighted by Gasteiger charge is -2.28. The van der Waals surface area contributed by atoms with Crippen LogP contribution in [0.2, 0.25) is 0 Å². The lowest BCUT2D eigenvalue weighted by molar-refractivity contribution is -0.126. The van der Waals surface area contributed by atoms with E-state index >= 15 is 0 Å². The Morgan fingerprint density at radius 2 is 2.17 bits per heavy atom. The third-order valence-corrected chi connectivity index (χ3v) is 3.29. The van der Waals surface area contributed by atoms with Crippen molar-refractivity contribution in [2.24, 2.45) is 5.84 Å². The van der Waals surface area contributed by atoms with Crippen LogP contribution in [-0.2, 0) is 19.5 Å². The minimum absolute atomic E-state index is 0.145. The van der Waals surface area contributed by atoms with Crippen LogP contribution in [0.1, 0.15) is 12.8 Å². The predicted molar refractivity (Wildman–Crippen MR) is 55.7 cm³/mol. The van der Waals surface area contributed by atoms with Crippen molar-refractivity contribution in [2.45, 2.75) is 24.9 Å². The number of carbonyl (C=O) groups excluding carboxylic acids is 2. The monoisotopic (exact) mass is 280 g/mol. The number of carbonyl (C=O) groups is 2. The number of rotatable bonds is 3. The lowest BCUT2D eigenvalue weighted by Crippen LogP contribution is -2.51. The fourth-order valence-corrected chi connectivity index (χ4v) is 2.59. The number of hydrogen-bond donors (Lipinski definition) is 3. The van der Waals surface area contributed by atoms with Gasteiger partial charge >= 0.3 is 16.4 Å². The molecule has 0 aromatic carbocycles. The highest BCUT2D eigenvalue weighted by molar-refractivity contribution is 7.80. The number of nitrogens with one attached hydrogen (secondary N) is 1. The van der Waals surface area contributed by atoms with Gasteiger partial charge in [0.05, 0.1) is 6.04 Å². The van der Waals surface area contributed by atoms with Gasteiger partial charge in [-0.05, 0) is 12.8 Å². The summed E-state index contributed by atoms with van der Waals surface area (Å²) in [5, 5.41) is 0.569. The van der Waals surface area contributed by atoms with E-state index < -0.39 is 34.4 Å². The molecule has 4 N–H and O–H groups in total. The van der Waals surface area contributed by atoms with Crippen molar-refractivity contribution in [1.29, 1.82) is 0 Å². The maximum Gasteiger partial charge on any atom is 0.418 e. The Kier molecular flexibility index (Phi) is 3.14. The second-order valence-corrected chi connectivity index (χ2v) is 5.02. The fourth-order valence-electron chi connectivity index (χ4n) is 2.20. The first-order valence-corrected chi connectivity index (χ1v) is 6.47. The first-order chi connectivity index (χ1) is 8.33. The topological polar surface area (TPSA) is 142 Å². The van der Waals surface area contributed by atoms with Crippen molar-refractivity contribution < 1.29 is 26.8 Å². The number of piperidine rings is 1. The lowest BCUT2D eigenvalue weighted by atomic mass is 10.0. The quantitative estimate of drug-likeness (QED) is 0.234. The standard InChI is InChI=1S/C7H12N4O6S/c8-9-6(12)5-2-1-4-3-10(5)7(13)11(4)17-18(14,15)16/h4-5H,1-3,8H2,(H,9,12)(H,14,15,16)/t4-,5-/m1/s1. The molecule has 0 radical (unpaired) electrons. The van der Waals surface area contributed by atoms with Crippen LogP contribution in [0, 0.1) is 0 Å².